The monoisotopic (exact) mass is 391 g/mol. The molecular formula is C21H17N3O3S. The molecule has 0 unspecified atom stereocenters. The summed E-state index contributed by atoms with van der Waals surface area (Å²) in [5, 5.41) is 3.77. The molecule has 0 bridgehead atoms. The van der Waals surface area contributed by atoms with Crippen LogP contribution in [0.5, 0.6) is 11.5 Å². The van der Waals surface area contributed by atoms with Crippen LogP contribution in [0.4, 0.5) is 5.69 Å². The molecule has 2 aromatic heterocycles. The van der Waals surface area contributed by atoms with E-state index >= 15 is 0 Å². The maximum atomic E-state index is 12.6. The number of pyridine rings is 1. The fourth-order valence-corrected chi connectivity index (χ4v) is 3.71. The lowest BCUT2D eigenvalue weighted by molar-refractivity contribution is 0.102. The minimum absolute atomic E-state index is 0.232. The van der Waals surface area contributed by atoms with Crippen molar-refractivity contribution in [1.29, 1.82) is 0 Å². The van der Waals surface area contributed by atoms with Crippen molar-refractivity contribution < 1.29 is 14.3 Å². The van der Waals surface area contributed by atoms with E-state index < -0.39 is 0 Å². The number of carbonyl (C=O) groups excluding carboxylic acids is 1. The standard InChI is InChI=1S/C21H17N3O3S/c1-26-17-9-8-13(12-18(17)27-2)19(25)23-15-6-3-5-14(11-15)20-24-16-7-4-10-22-21(16)28-20/h3-12H,1-2H3,(H,23,25). The van der Waals surface area contributed by atoms with Gasteiger partial charge in [0, 0.05) is 23.0 Å². The van der Waals surface area contributed by atoms with Gasteiger partial charge in [-0.25, -0.2) is 9.97 Å². The van der Waals surface area contributed by atoms with Crippen LogP contribution in [0.1, 0.15) is 10.4 Å². The van der Waals surface area contributed by atoms with Crippen LogP contribution >= 0.6 is 11.3 Å². The van der Waals surface area contributed by atoms with Crippen molar-refractivity contribution in [1.82, 2.24) is 9.97 Å². The summed E-state index contributed by atoms with van der Waals surface area (Å²) in [5.74, 6) is 0.848. The number of anilines is 1. The minimum atomic E-state index is -0.232. The molecule has 0 aliphatic carbocycles. The number of amides is 1. The number of hydrogen-bond donors (Lipinski definition) is 1. The van der Waals surface area contributed by atoms with Gasteiger partial charge in [-0.05, 0) is 42.5 Å². The predicted octanol–water partition coefficient (Wildman–Crippen LogP) is 4.63. The number of methoxy groups -OCH3 is 2. The van der Waals surface area contributed by atoms with E-state index in [4.69, 9.17) is 9.47 Å². The van der Waals surface area contributed by atoms with Crippen LogP contribution in [0.2, 0.25) is 0 Å². The topological polar surface area (TPSA) is 73.3 Å². The summed E-state index contributed by atoms with van der Waals surface area (Å²) < 4.78 is 10.5. The molecule has 0 radical (unpaired) electrons. The van der Waals surface area contributed by atoms with Crippen molar-refractivity contribution in [2.24, 2.45) is 0 Å². The molecule has 2 aromatic carbocycles. The molecule has 140 valence electrons. The van der Waals surface area contributed by atoms with Crippen LogP contribution in [0.15, 0.2) is 60.8 Å². The first-order valence-electron chi connectivity index (χ1n) is 8.53. The Bertz CT molecular complexity index is 1120. The quantitative estimate of drug-likeness (QED) is 0.537. The lowest BCUT2D eigenvalue weighted by Crippen LogP contribution is -2.12. The molecule has 6 nitrogen and oxygen atoms in total. The van der Waals surface area contributed by atoms with E-state index in [2.05, 4.69) is 15.3 Å². The molecule has 0 aliphatic rings. The highest BCUT2D eigenvalue weighted by Crippen LogP contribution is 2.31. The second-order valence-electron chi connectivity index (χ2n) is 5.95. The van der Waals surface area contributed by atoms with Gasteiger partial charge in [-0.1, -0.05) is 23.5 Å². The number of carbonyl (C=O) groups is 1. The molecular weight excluding hydrogens is 374 g/mol. The van der Waals surface area contributed by atoms with Gasteiger partial charge >= 0.3 is 0 Å². The second-order valence-corrected chi connectivity index (χ2v) is 6.93. The first kappa shape index (κ1) is 17.9. The number of nitrogens with one attached hydrogen (secondary N) is 1. The van der Waals surface area contributed by atoms with Crippen molar-refractivity contribution in [2.75, 3.05) is 19.5 Å². The van der Waals surface area contributed by atoms with E-state index in [1.165, 1.54) is 18.4 Å². The lowest BCUT2D eigenvalue weighted by atomic mass is 10.1. The third-order valence-electron chi connectivity index (χ3n) is 4.18. The Balaban J connectivity index is 1.59. The van der Waals surface area contributed by atoms with E-state index in [0.29, 0.717) is 22.7 Å². The highest BCUT2D eigenvalue weighted by Gasteiger charge is 2.12. The molecule has 4 rings (SSSR count). The SMILES string of the molecule is COc1ccc(C(=O)Nc2cccc(-c3nc4cccnc4s3)c2)cc1OC. The summed E-state index contributed by atoms with van der Waals surface area (Å²) in [4.78, 5) is 22.5. The van der Waals surface area contributed by atoms with Crippen LogP contribution in [0, 0.1) is 0 Å². The Morgan fingerprint density at radius 2 is 1.86 bits per heavy atom. The summed E-state index contributed by atoms with van der Waals surface area (Å²) >= 11 is 1.52. The van der Waals surface area contributed by atoms with Gasteiger partial charge in [0.05, 0.1) is 14.2 Å². The Kier molecular flexibility index (Phi) is 4.90. The van der Waals surface area contributed by atoms with Gasteiger partial charge in [-0.15, -0.1) is 0 Å². The van der Waals surface area contributed by atoms with Crippen molar-refractivity contribution in [3.63, 3.8) is 0 Å². The van der Waals surface area contributed by atoms with Crippen LogP contribution in [0.3, 0.4) is 0 Å². The number of ether oxygens (including phenoxy) is 2. The number of hydrogen-bond acceptors (Lipinski definition) is 6. The Hall–Kier alpha value is -3.45. The summed E-state index contributed by atoms with van der Waals surface area (Å²) in [5.41, 5.74) is 2.95. The number of benzene rings is 2. The van der Waals surface area contributed by atoms with Crippen molar-refractivity contribution >= 4 is 33.3 Å². The summed E-state index contributed by atoms with van der Waals surface area (Å²) in [6.07, 6.45) is 1.75. The fourth-order valence-electron chi connectivity index (χ4n) is 2.80. The van der Waals surface area contributed by atoms with E-state index in [0.717, 1.165) is 20.9 Å². The zero-order valence-corrected chi connectivity index (χ0v) is 16.1. The van der Waals surface area contributed by atoms with Gasteiger partial charge in [0.2, 0.25) is 0 Å². The molecule has 1 amide bonds. The van der Waals surface area contributed by atoms with Crippen LogP contribution in [0.25, 0.3) is 20.9 Å². The first-order chi connectivity index (χ1) is 13.7. The number of nitrogens with zero attached hydrogens (tertiary/aromatic N) is 2. The van der Waals surface area contributed by atoms with Crippen LogP contribution in [-0.2, 0) is 0 Å². The fraction of sp³-hybridized carbons (Fsp3) is 0.0952. The Labute approximate surface area is 165 Å². The molecule has 0 spiro atoms. The minimum Gasteiger partial charge on any atom is -0.493 e. The van der Waals surface area contributed by atoms with Gasteiger partial charge in [0.15, 0.2) is 11.5 Å². The van der Waals surface area contributed by atoms with Crippen molar-refractivity contribution in [3.05, 3.63) is 66.4 Å². The number of rotatable bonds is 5. The Morgan fingerprint density at radius 1 is 1.00 bits per heavy atom. The molecule has 0 saturated heterocycles. The zero-order chi connectivity index (χ0) is 19.5. The Morgan fingerprint density at radius 3 is 2.64 bits per heavy atom. The molecule has 1 N–H and O–H groups in total. The van der Waals surface area contributed by atoms with Crippen LogP contribution < -0.4 is 14.8 Å². The smallest absolute Gasteiger partial charge is 0.255 e. The third-order valence-corrected chi connectivity index (χ3v) is 5.21. The molecule has 2 heterocycles. The van der Waals surface area contributed by atoms with Gasteiger partial charge in [-0.2, -0.15) is 0 Å². The first-order valence-corrected chi connectivity index (χ1v) is 9.35. The summed E-state index contributed by atoms with van der Waals surface area (Å²) in [6.45, 7) is 0. The van der Waals surface area contributed by atoms with E-state index in [1.54, 1.807) is 31.5 Å². The van der Waals surface area contributed by atoms with E-state index in [1.807, 2.05) is 36.4 Å². The maximum absolute atomic E-state index is 12.6. The lowest BCUT2D eigenvalue weighted by Gasteiger charge is -2.10. The maximum Gasteiger partial charge on any atom is 0.255 e. The summed E-state index contributed by atoms with van der Waals surface area (Å²) in [6, 6.07) is 16.4. The van der Waals surface area contributed by atoms with Crippen molar-refractivity contribution in [3.8, 4) is 22.1 Å². The predicted molar refractivity (Wildman–Crippen MR) is 110 cm³/mol. The normalized spacial score (nSPS) is 10.6. The highest BCUT2D eigenvalue weighted by molar-refractivity contribution is 7.21. The second kappa shape index (κ2) is 7.66. The van der Waals surface area contributed by atoms with E-state index in [9.17, 15) is 4.79 Å². The van der Waals surface area contributed by atoms with Gasteiger partial charge in [0.25, 0.3) is 5.91 Å². The highest BCUT2D eigenvalue weighted by atomic mass is 32.1. The number of aromatic nitrogens is 2. The molecule has 0 saturated carbocycles. The molecule has 0 atom stereocenters. The van der Waals surface area contributed by atoms with Crippen molar-refractivity contribution in [2.45, 2.75) is 0 Å². The molecule has 4 aromatic rings. The molecule has 7 heteroatoms. The number of fused-ring (bicyclic) bond motifs is 1. The summed E-state index contributed by atoms with van der Waals surface area (Å²) in [7, 11) is 3.09. The van der Waals surface area contributed by atoms with Gasteiger partial charge in [0.1, 0.15) is 15.4 Å². The zero-order valence-electron chi connectivity index (χ0n) is 15.3. The van der Waals surface area contributed by atoms with Crippen LogP contribution in [-0.4, -0.2) is 30.1 Å². The largest absolute Gasteiger partial charge is 0.493 e. The average molecular weight is 391 g/mol. The third kappa shape index (κ3) is 3.52. The average Bonchev–Trinajstić information content (AvgIpc) is 3.17. The number of thiazole rings is 1. The molecule has 28 heavy (non-hydrogen) atoms. The van der Waals surface area contributed by atoms with E-state index in [-0.39, 0.29) is 5.91 Å². The molecule has 0 fully saturated rings. The van der Waals surface area contributed by atoms with Gasteiger partial charge < -0.3 is 14.8 Å². The van der Waals surface area contributed by atoms with Gasteiger partial charge in [-0.3, -0.25) is 4.79 Å². The molecule has 0 aliphatic heterocycles.